The average molecular weight is 432 g/mol. The molecule has 0 aliphatic rings. The fraction of sp³-hybridized carbons (Fsp3) is 0.0500. The van der Waals surface area contributed by atoms with Gasteiger partial charge >= 0.3 is 0 Å². The van der Waals surface area contributed by atoms with E-state index >= 15 is 0 Å². The fourth-order valence-corrected chi connectivity index (χ4v) is 3.12. The Balaban J connectivity index is 1.84. The van der Waals surface area contributed by atoms with Gasteiger partial charge in [-0.05, 0) is 46.3 Å². The molecule has 6 heteroatoms. The van der Waals surface area contributed by atoms with Gasteiger partial charge in [0.1, 0.15) is 12.2 Å². The number of para-hydroxylation sites is 1. The van der Waals surface area contributed by atoms with E-state index in [-0.39, 0.29) is 23.5 Å². The first kappa shape index (κ1) is 16.9. The number of furan rings is 1. The molecule has 0 bridgehead atoms. The summed E-state index contributed by atoms with van der Waals surface area (Å²) < 4.78 is 17.9. The van der Waals surface area contributed by atoms with E-state index in [1.165, 1.54) is 0 Å². The zero-order valence-corrected chi connectivity index (χ0v) is 15.7. The van der Waals surface area contributed by atoms with Crippen LogP contribution < -0.4 is 10.2 Å². The van der Waals surface area contributed by atoms with Gasteiger partial charge in [-0.25, -0.2) is 0 Å². The van der Waals surface area contributed by atoms with E-state index in [2.05, 4.69) is 15.9 Å². The van der Waals surface area contributed by atoms with Crippen molar-refractivity contribution in [3.63, 3.8) is 0 Å². The van der Waals surface area contributed by atoms with E-state index in [0.29, 0.717) is 26.4 Å². The first-order valence-electron chi connectivity index (χ1n) is 7.81. The van der Waals surface area contributed by atoms with Crippen molar-refractivity contribution < 1.29 is 13.6 Å². The predicted molar refractivity (Wildman–Crippen MR) is 104 cm³/mol. The van der Waals surface area contributed by atoms with Gasteiger partial charge in [-0.2, -0.15) is 0 Å². The number of hydrogen-bond donors (Lipinski definition) is 0. The maximum atomic E-state index is 13.0. The third kappa shape index (κ3) is 3.16. The molecular formula is C20H12BrClO4. The second-order valence-corrected chi connectivity index (χ2v) is 6.76. The van der Waals surface area contributed by atoms with Gasteiger partial charge in [0.05, 0.1) is 5.39 Å². The second kappa shape index (κ2) is 7.02. The standard InChI is InChI=1S/C20H12BrClO4/c21-17-10-9-16(25-17)19-20(24-11-12-5-1-3-7-14(12)22)18(23)13-6-2-4-8-15(13)26-19/h1-10H,11H2. The highest BCUT2D eigenvalue weighted by Gasteiger charge is 2.20. The van der Waals surface area contributed by atoms with Crippen LogP contribution in [-0.2, 0) is 6.61 Å². The minimum Gasteiger partial charge on any atom is -0.481 e. The molecule has 0 fully saturated rings. The van der Waals surface area contributed by atoms with Gasteiger partial charge in [-0.3, -0.25) is 4.79 Å². The lowest BCUT2D eigenvalue weighted by atomic mass is 10.2. The monoisotopic (exact) mass is 430 g/mol. The summed E-state index contributed by atoms with van der Waals surface area (Å²) in [6.07, 6.45) is 0. The Morgan fingerprint density at radius 3 is 2.50 bits per heavy atom. The molecule has 0 saturated carbocycles. The minimum absolute atomic E-state index is 0.0884. The highest BCUT2D eigenvalue weighted by Crippen LogP contribution is 2.34. The minimum atomic E-state index is -0.263. The van der Waals surface area contributed by atoms with Crippen LogP contribution in [0.15, 0.2) is 79.0 Å². The van der Waals surface area contributed by atoms with Crippen LogP contribution >= 0.6 is 27.5 Å². The zero-order chi connectivity index (χ0) is 18.1. The van der Waals surface area contributed by atoms with Gasteiger partial charge in [-0.15, -0.1) is 0 Å². The summed E-state index contributed by atoms with van der Waals surface area (Å²) >= 11 is 9.44. The van der Waals surface area contributed by atoms with Crippen molar-refractivity contribution in [3.8, 4) is 17.3 Å². The van der Waals surface area contributed by atoms with Crippen LogP contribution in [0.1, 0.15) is 5.56 Å². The largest absolute Gasteiger partial charge is 0.481 e. The molecule has 2 heterocycles. The zero-order valence-electron chi connectivity index (χ0n) is 13.4. The molecule has 0 N–H and O–H groups in total. The van der Waals surface area contributed by atoms with Crippen molar-refractivity contribution in [1.82, 2.24) is 0 Å². The SMILES string of the molecule is O=c1c(OCc2ccccc2Cl)c(-c2ccc(Br)o2)oc2ccccc12. The molecule has 0 aliphatic heterocycles. The fourth-order valence-electron chi connectivity index (χ4n) is 2.62. The van der Waals surface area contributed by atoms with Crippen LogP contribution in [0.4, 0.5) is 0 Å². The molecule has 2 aromatic heterocycles. The van der Waals surface area contributed by atoms with E-state index in [1.54, 1.807) is 42.5 Å². The lowest BCUT2D eigenvalue weighted by Gasteiger charge is -2.11. The van der Waals surface area contributed by atoms with Crippen LogP contribution in [0.5, 0.6) is 5.75 Å². The maximum Gasteiger partial charge on any atom is 0.235 e. The van der Waals surface area contributed by atoms with Gasteiger partial charge in [0, 0.05) is 10.6 Å². The lowest BCUT2D eigenvalue weighted by molar-refractivity contribution is 0.296. The Morgan fingerprint density at radius 2 is 1.73 bits per heavy atom. The third-order valence-corrected chi connectivity index (χ3v) is 4.68. The number of fused-ring (bicyclic) bond motifs is 1. The Kier molecular flexibility index (Phi) is 4.57. The molecule has 0 spiro atoms. The van der Waals surface area contributed by atoms with Gasteiger partial charge < -0.3 is 13.6 Å². The van der Waals surface area contributed by atoms with E-state index in [9.17, 15) is 4.79 Å². The summed E-state index contributed by atoms with van der Waals surface area (Å²) in [7, 11) is 0. The molecule has 4 nitrogen and oxygen atoms in total. The highest BCUT2D eigenvalue weighted by atomic mass is 79.9. The third-order valence-electron chi connectivity index (χ3n) is 3.88. The van der Waals surface area contributed by atoms with Crippen LogP contribution in [-0.4, -0.2) is 0 Å². The summed E-state index contributed by atoms with van der Waals surface area (Å²) in [5.41, 5.74) is 0.972. The molecule has 0 unspecified atom stereocenters. The Morgan fingerprint density at radius 1 is 0.962 bits per heavy atom. The van der Waals surface area contributed by atoms with Crippen LogP contribution in [0.2, 0.25) is 5.02 Å². The molecule has 2 aromatic carbocycles. The first-order valence-corrected chi connectivity index (χ1v) is 8.98. The number of halogens is 2. The van der Waals surface area contributed by atoms with Gasteiger partial charge in [-0.1, -0.05) is 41.9 Å². The predicted octanol–water partition coefficient (Wildman–Crippen LogP) is 6.05. The second-order valence-electron chi connectivity index (χ2n) is 5.57. The first-order chi connectivity index (χ1) is 12.6. The van der Waals surface area contributed by atoms with E-state index in [1.807, 2.05) is 18.2 Å². The normalized spacial score (nSPS) is 11.0. The lowest BCUT2D eigenvalue weighted by Crippen LogP contribution is -2.10. The molecule has 4 aromatic rings. The Labute approximate surface area is 162 Å². The van der Waals surface area contributed by atoms with Crippen LogP contribution in [0.25, 0.3) is 22.5 Å². The molecule has 130 valence electrons. The van der Waals surface area contributed by atoms with E-state index in [0.717, 1.165) is 5.56 Å². The van der Waals surface area contributed by atoms with Gasteiger partial charge in [0.15, 0.2) is 10.4 Å². The summed E-state index contributed by atoms with van der Waals surface area (Å²) in [5, 5.41) is 1.01. The molecule has 26 heavy (non-hydrogen) atoms. The van der Waals surface area contributed by atoms with Crippen LogP contribution in [0, 0.1) is 0 Å². The van der Waals surface area contributed by atoms with Crippen molar-refractivity contribution in [2.75, 3.05) is 0 Å². The number of rotatable bonds is 4. The molecular weight excluding hydrogens is 420 g/mol. The van der Waals surface area contributed by atoms with Crippen molar-refractivity contribution in [2.24, 2.45) is 0 Å². The molecule has 0 radical (unpaired) electrons. The molecule has 0 aliphatic carbocycles. The van der Waals surface area contributed by atoms with Crippen LogP contribution in [0.3, 0.4) is 0 Å². The van der Waals surface area contributed by atoms with Gasteiger partial charge in [0.2, 0.25) is 16.9 Å². The summed E-state index contributed by atoms with van der Waals surface area (Å²) in [5.74, 6) is 0.728. The number of hydrogen-bond acceptors (Lipinski definition) is 4. The topological polar surface area (TPSA) is 52.6 Å². The van der Waals surface area contributed by atoms with Crippen molar-refractivity contribution >= 4 is 38.5 Å². The highest BCUT2D eigenvalue weighted by molar-refractivity contribution is 9.10. The van der Waals surface area contributed by atoms with Crippen molar-refractivity contribution in [3.05, 3.63) is 86.1 Å². The number of benzene rings is 2. The Bertz CT molecular complexity index is 1150. The van der Waals surface area contributed by atoms with E-state index < -0.39 is 0 Å². The van der Waals surface area contributed by atoms with E-state index in [4.69, 9.17) is 25.2 Å². The number of ether oxygens (including phenoxy) is 1. The molecule has 4 rings (SSSR count). The summed E-state index contributed by atoms with van der Waals surface area (Å²) in [6.45, 7) is 0.137. The molecule has 0 saturated heterocycles. The smallest absolute Gasteiger partial charge is 0.235 e. The molecule has 0 amide bonds. The summed E-state index contributed by atoms with van der Waals surface area (Å²) in [6, 6.07) is 17.8. The average Bonchev–Trinajstić information content (AvgIpc) is 3.08. The molecule has 0 atom stereocenters. The Hall–Kier alpha value is -2.50. The van der Waals surface area contributed by atoms with Crippen molar-refractivity contribution in [1.29, 1.82) is 0 Å². The quantitative estimate of drug-likeness (QED) is 0.395. The van der Waals surface area contributed by atoms with Gasteiger partial charge in [0.25, 0.3) is 0 Å². The van der Waals surface area contributed by atoms with Crippen molar-refractivity contribution in [2.45, 2.75) is 6.61 Å². The summed E-state index contributed by atoms with van der Waals surface area (Å²) in [4.78, 5) is 13.0. The maximum absolute atomic E-state index is 13.0.